The molecule has 1 atom stereocenters. The Bertz CT molecular complexity index is 565. The van der Waals surface area contributed by atoms with Crippen molar-refractivity contribution >= 4 is 17.2 Å². The van der Waals surface area contributed by atoms with Gasteiger partial charge in [0.15, 0.2) is 0 Å². The van der Waals surface area contributed by atoms with E-state index in [0.717, 1.165) is 24.8 Å². The molecule has 3 nitrogen and oxygen atoms in total. The molecule has 1 N–H and O–H groups in total. The van der Waals surface area contributed by atoms with Gasteiger partial charge in [0.05, 0.1) is 12.5 Å². The van der Waals surface area contributed by atoms with Gasteiger partial charge in [-0.1, -0.05) is 6.07 Å². The molecule has 0 aromatic carbocycles. The third kappa shape index (κ3) is 2.84. The van der Waals surface area contributed by atoms with Gasteiger partial charge in [-0.25, -0.2) is 0 Å². The highest BCUT2D eigenvalue weighted by Gasteiger charge is 2.22. The molecule has 2 aromatic heterocycles. The first-order valence-corrected chi connectivity index (χ1v) is 7.45. The van der Waals surface area contributed by atoms with E-state index in [9.17, 15) is 4.79 Å². The topological polar surface area (TPSA) is 42.0 Å². The zero-order chi connectivity index (χ0) is 13.1. The van der Waals surface area contributed by atoms with Crippen molar-refractivity contribution in [2.75, 3.05) is 0 Å². The van der Waals surface area contributed by atoms with E-state index in [1.807, 2.05) is 12.1 Å². The Morgan fingerprint density at radius 3 is 3.26 bits per heavy atom. The Morgan fingerprint density at radius 1 is 1.47 bits per heavy atom. The van der Waals surface area contributed by atoms with Crippen LogP contribution in [0.4, 0.5) is 0 Å². The first kappa shape index (κ1) is 12.4. The van der Waals surface area contributed by atoms with E-state index >= 15 is 0 Å². The maximum absolute atomic E-state index is 12.1. The highest BCUT2D eigenvalue weighted by molar-refractivity contribution is 7.10. The number of amides is 1. The van der Waals surface area contributed by atoms with E-state index in [1.165, 1.54) is 10.4 Å². The number of pyridine rings is 1. The molecule has 1 aliphatic rings. The fraction of sp³-hybridized carbons (Fsp3) is 0.333. The Kier molecular flexibility index (Phi) is 3.60. The molecule has 0 aliphatic heterocycles. The number of thiophene rings is 1. The number of rotatable bonds is 3. The number of nitrogens with one attached hydrogen (secondary N) is 1. The Hall–Kier alpha value is -1.68. The average Bonchev–Trinajstić information content (AvgIpc) is 2.89. The van der Waals surface area contributed by atoms with Crippen LogP contribution in [0, 0.1) is 0 Å². The van der Waals surface area contributed by atoms with Gasteiger partial charge in [-0.05, 0) is 47.9 Å². The second kappa shape index (κ2) is 5.53. The fourth-order valence-electron chi connectivity index (χ4n) is 2.57. The zero-order valence-corrected chi connectivity index (χ0v) is 11.5. The first-order chi connectivity index (χ1) is 9.33. The van der Waals surface area contributed by atoms with E-state index in [0.29, 0.717) is 6.42 Å². The van der Waals surface area contributed by atoms with E-state index in [-0.39, 0.29) is 11.9 Å². The van der Waals surface area contributed by atoms with Gasteiger partial charge < -0.3 is 5.32 Å². The molecule has 98 valence electrons. The van der Waals surface area contributed by atoms with Crippen molar-refractivity contribution < 1.29 is 4.79 Å². The van der Waals surface area contributed by atoms with Crippen molar-refractivity contribution in [1.29, 1.82) is 0 Å². The molecule has 3 rings (SSSR count). The molecule has 0 unspecified atom stereocenters. The molecule has 0 bridgehead atoms. The Labute approximate surface area is 116 Å². The first-order valence-electron chi connectivity index (χ1n) is 6.57. The van der Waals surface area contributed by atoms with Gasteiger partial charge in [0.25, 0.3) is 0 Å². The highest BCUT2D eigenvalue weighted by atomic mass is 32.1. The molecular weight excluding hydrogens is 256 g/mol. The number of carbonyl (C=O) groups excluding carboxylic acids is 1. The molecule has 0 saturated heterocycles. The number of hydrogen-bond acceptors (Lipinski definition) is 3. The fourth-order valence-corrected chi connectivity index (χ4v) is 3.56. The van der Waals surface area contributed by atoms with Crippen LogP contribution in [0.15, 0.2) is 36.0 Å². The maximum atomic E-state index is 12.1. The van der Waals surface area contributed by atoms with Crippen molar-refractivity contribution in [3.05, 3.63) is 52.0 Å². The van der Waals surface area contributed by atoms with Gasteiger partial charge in [-0.15, -0.1) is 11.3 Å². The summed E-state index contributed by atoms with van der Waals surface area (Å²) in [5.41, 5.74) is 2.28. The van der Waals surface area contributed by atoms with E-state index in [4.69, 9.17) is 0 Å². The molecule has 0 radical (unpaired) electrons. The molecule has 2 heterocycles. The summed E-state index contributed by atoms with van der Waals surface area (Å²) in [7, 11) is 0. The lowest BCUT2D eigenvalue weighted by atomic mass is 9.94. The van der Waals surface area contributed by atoms with Crippen LogP contribution < -0.4 is 5.32 Å². The minimum atomic E-state index is 0.0806. The minimum absolute atomic E-state index is 0.0806. The zero-order valence-electron chi connectivity index (χ0n) is 10.6. The van der Waals surface area contributed by atoms with Crippen LogP contribution in [0.3, 0.4) is 0 Å². The van der Waals surface area contributed by atoms with Gasteiger partial charge >= 0.3 is 0 Å². The SMILES string of the molecule is O=C(Cc1cccnc1)N[C@H]1CCCc2sccc21. The van der Waals surface area contributed by atoms with Crippen LogP contribution in [0.1, 0.15) is 34.9 Å². The molecule has 2 aromatic rings. The molecule has 0 spiro atoms. The predicted octanol–water partition coefficient (Wildman–Crippen LogP) is 2.88. The lowest BCUT2D eigenvalue weighted by Crippen LogP contribution is -2.31. The van der Waals surface area contributed by atoms with Crippen LogP contribution in [0.5, 0.6) is 0 Å². The number of fused-ring (bicyclic) bond motifs is 1. The molecule has 0 fully saturated rings. The molecular formula is C15H16N2OS. The lowest BCUT2D eigenvalue weighted by Gasteiger charge is -2.23. The third-order valence-electron chi connectivity index (χ3n) is 3.47. The van der Waals surface area contributed by atoms with Gasteiger partial charge in [0, 0.05) is 17.3 Å². The molecule has 19 heavy (non-hydrogen) atoms. The van der Waals surface area contributed by atoms with Crippen LogP contribution >= 0.6 is 11.3 Å². The smallest absolute Gasteiger partial charge is 0.224 e. The summed E-state index contributed by atoms with van der Waals surface area (Å²) in [6, 6.07) is 6.14. The van der Waals surface area contributed by atoms with Crippen LogP contribution in [-0.2, 0) is 17.6 Å². The van der Waals surface area contributed by atoms with Gasteiger partial charge in [-0.2, -0.15) is 0 Å². The van der Waals surface area contributed by atoms with Crippen LogP contribution in [-0.4, -0.2) is 10.9 Å². The van der Waals surface area contributed by atoms with Crippen molar-refractivity contribution in [2.45, 2.75) is 31.7 Å². The number of aryl methyl sites for hydroxylation is 1. The second-order valence-electron chi connectivity index (χ2n) is 4.85. The summed E-state index contributed by atoms with van der Waals surface area (Å²) in [5, 5.41) is 5.27. The van der Waals surface area contributed by atoms with E-state index in [2.05, 4.69) is 21.7 Å². The average molecular weight is 272 g/mol. The van der Waals surface area contributed by atoms with Crippen molar-refractivity contribution in [3.8, 4) is 0 Å². The molecule has 1 aliphatic carbocycles. The molecule has 1 amide bonds. The Balaban J connectivity index is 1.65. The monoisotopic (exact) mass is 272 g/mol. The highest BCUT2D eigenvalue weighted by Crippen LogP contribution is 2.33. The molecule has 4 heteroatoms. The van der Waals surface area contributed by atoms with Gasteiger partial charge in [-0.3, -0.25) is 9.78 Å². The summed E-state index contributed by atoms with van der Waals surface area (Å²) in [6.07, 6.45) is 7.23. The number of carbonyl (C=O) groups is 1. The largest absolute Gasteiger partial charge is 0.349 e. The number of hydrogen-bond donors (Lipinski definition) is 1. The van der Waals surface area contributed by atoms with E-state index in [1.54, 1.807) is 23.7 Å². The van der Waals surface area contributed by atoms with E-state index < -0.39 is 0 Å². The normalized spacial score (nSPS) is 17.8. The summed E-state index contributed by atoms with van der Waals surface area (Å²) < 4.78 is 0. The maximum Gasteiger partial charge on any atom is 0.224 e. The molecule has 0 saturated carbocycles. The van der Waals surface area contributed by atoms with Gasteiger partial charge in [0.1, 0.15) is 0 Å². The predicted molar refractivity (Wildman–Crippen MR) is 76.1 cm³/mol. The summed E-state index contributed by atoms with van der Waals surface area (Å²) in [4.78, 5) is 17.5. The third-order valence-corrected chi connectivity index (χ3v) is 4.47. The second-order valence-corrected chi connectivity index (χ2v) is 5.85. The number of aromatic nitrogens is 1. The van der Waals surface area contributed by atoms with Crippen molar-refractivity contribution in [2.24, 2.45) is 0 Å². The quantitative estimate of drug-likeness (QED) is 0.933. The number of nitrogens with zero attached hydrogens (tertiary/aromatic N) is 1. The summed E-state index contributed by atoms with van der Waals surface area (Å²) >= 11 is 1.80. The summed E-state index contributed by atoms with van der Waals surface area (Å²) in [5.74, 6) is 0.0806. The summed E-state index contributed by atoms with van der Waals surface area (Å²) in [6.45, 7) is 0. The van der Waals surface area contributed by atoms with Crippen molar-refractivity contribution in [3.63, 3.8) is 0 Å². The Morgan fingerprint density at radius 2 is 2.42 bits per heavy atom. The minimum Gasteiger partial charge on any atom is -0.349 e. The standard InChI is InChI=1S/C15H16N2OS/c18-15(9-11-3-2-7-16-10-11)17-13-4-1-5-14-12(13)6-8-19-14/h2-3,6-8,10,13H,1,4-5,9H2,(H,17,18)/t13-/m0/s1. The lowest BCUT2D eigenvalue weighted by molar-refractivity contribution is -0.121. The van der Waals surface area contributed by atoms with Crippen molar-refractivity contribution in [1.82, 2.24) is 10.3 Å². The van der Waals surface area contributed by atoms with Crippen LogP contribution in [0.25, 0.3) is 0 Å². The van der Waals surface area contributed by atoms with Crippen LogP contribution in [0.2, 0.25) is 0 Å². The van der Waals surface area contributed by atoms with Gasteiger partial charge in [0.2, 0.25) is 5.91 Å².